The van der Waals surface area contributed by atoms with Crippen LogP contribution in [0.5, 0.6) is 0 Å². The number of aryl methyl sites for hydroxylation is 1. The van der Waals surface area contributed by atoms with Crippen LogP contribution in [-0.2, 0) is 28.3 Å². The molecule has 0 bridgehead atoms. The smallest absolute Gasteiger partial charge is 0.225 e. The molecule has 2 aliphatic rings. The Balaban J connectivity index is 1.79. The topological polar surface area (TPSA) is 84.3 Å². The predicted molar refractivity (Wildman–Crippen MR) is 86.1 cm³/mol. The Morgan fingerprint density at radius 3 is 2.65 bits per heavy atom. The Bertz CT molecular complexity index is 681. The SMILES string of the molecule is Cn1cc(C[C@H]2C(NS(C)(=O)=O)CCN2C(=O)C2CCC2)cn1. The Labute approximate surface area is 137 Å². The lowest BCUT2D eigenvalue weighted by Crippen LogP contribution is -2.49. The molecule has 1 unspecified atom stereocenters. The second-order valence-corrected chi connectivity index (χ2v) is 8.52. The molecular formula is C15H24N4O3S. The van der Waals surface area contributed by atoms with E-state index in [1.807, 2.05) is 18.1 Å². The molecule has 1 aliphatic heterocycles. The zero-order valence-electron chi connectivity index (χ0n) is 13.6. The first kappa shape index (κ1) is 16.4. The lowest BCUT2D eigenvalue weighted by atomic mass is 9.84. The van der Waals surface area contributed by atoms with Crippen LogP contribution in [0.2, 0.25) is 0 Å². The van der Waals surface area contributed by atoms with Gasteiger partial charge in [-0.3, -0.25) is 9.48 Å². The monoisotopic (exact) mass is 340 g/mol. The highest BCUT2D eigenvalue weighted by molar-refractivity contribution is 7.88. The number of hydrogen-bond acceptors (Lipinski definition) is 4. The van der Waals surface area contributed by atoms with Gasteiger partial charge < -0.3 is 4.90 Å². The van der Waals surface area contributed by atoms with Crippen molar-refractivity contribution in [2.24, 2.45) is 13.0 Å². The Kier molecular flexibility index (Phi) is 4.46. The number of sulfonamides is 1. The third kappa shape index (κ3) is 3.74. The van der Waals surface area contributed by atoms with Crippen LogP contribution < -0.4 is 4.72 Å². The molecule has 128 valence electrons. The molecule has 1 aromatic rings. The summed E-state index contributed by atoms with van der Waals surface area (Å²) in [7, 11) is -1.45. The Hall–Kier alpha value is -1.41. The van der Waals surface area contributed by atoms with Gasteiger partial charge >= 0.3 is 0 Å². The largest absolute Gasteiger partial charge is 0.337 e. The standard InChI is InChI=1S/C15H24N4O3S/c1-18-10-11(9-16-18)8-14-13(17-23(2,21)22)6-7-19(14)15(20)12-4-3-5-12/h9-10,12-14,17H,3-8H2,1-2H3/t13?,14-/m0/s1. The number of nitrogens with zero attached hydrogens (tertiary/aromatic N) is 3. The molecule has 2 heterocycles. The van der Waals surface area contributed by atoms with E-state index in [9.17, 15) is 13.2 Å². The van der Waals surface area contributed by atoms with Crippen molar-refractivity contribution in [2.75, 3.05) is 12.8 Å². The van der Waals surface area contributed by atoms with Gasteiger partial charge in [0.25, 0.3) is 0 Å². The first-order chi connectivity index (χ1) is 10.8. The zero-order valence-corrected chi connectivity index (χ0v) is 14.4. The highest BCUT2D eigenvalue weighted by Crippen LogP contribution is 2.32. The van der Waals surface area contributed by atoms with Crippen LogP contribution in [0, 0.1) is 5.92 Å². The van der Waals surface area contributed by atoms with Crippen molar-refractivity contribution in [1.82, 2.24) is 19.4 Å². The van der Waals surface area contributed by atoms with E-state index in [4.69, 9.17) is 0 Å². The Morgan fingerprint density at radius 2 is 2.13 bits per heavy atom. The van der Waals surface area contributed by atoms with Crippen molar-refractivity contribution in [3.8, 4) is 0 Å². The average molecular weight is 340 g/mol. The summed E-state index contributed by atoms with van der Waals surface area (Å²) in [6, 6.07) is -0.365. The van der Waals surface area contributed by atoms with E-state index in [1.54, 1.807) is 10.9 Å². The number of amides is 1. The first-order valence-electron chi connectivity index (χ1n) is 8.09. The van der Waals surface area contributed by atoms with Gasteiger partial charge in [-0.05, 0) is 31.2 Å². The molecule has 2 atom stereocenters. The van der Waals surface area contributed by atoms with Crippen molar-refractivity contribution < 1.29 is 13.2 Å². The van der Waals surface area contributed by atoms with E-state index < -0.39 is 10.0 Å². The molecule has 1 saturated heterocycles. The van der Waals surface area contributed by atoms with Crippen molar-refractivity contribution >= 4 is 15.9 Å². The maximum atomic E-state index is 12.7. The molecule has 0 aromatic carbocycles. The summed E-state index contributed by atoms with van der Waals surface area (Å²) < 4.78 is 27.7. The molecule has 1 N–H and O–H groups in total. The van der Waals surface area contributed by atoms with Gasteiger partial charge in [0.1, 0.15) is 0 Å². The summed E-state index contributed by atoms with van der Waals surface area (Å²) in [5, 5.41) is 4.17. The van der Waals surface area contributed by atoms with Crippen molar-refractivity contribution in [2.45, 2.75) is 44.2 Å². The van der Waals surface area contributed by atoms with Gasteiger partial charge in [0.15, 0.2) is 0 Å². The van der Waals surface area contributed by atoms with Gasteiger partial charge in [-0.15, -0.1) is 0 Å². The molecule has 0 spiro atoms. The Morgan fingerprint density at radius 1 is 1.39 bits per heavy atom. The van der Waals surface area contributed by atoms with Crippen LogP contribution in [0.3, 0.4) is 0 Å². The predicted octanol–water partition coefficient (Wildman–Crippen LogP) is 0.281. The first-order valence-corrected chi connectivity index (χ1v) is 9.98. The van der Waals surface area contributed by atoms with Crippen molar-refractivity contribution in [1.29, 1.82) is 0 Å². The van der Waals surface area contributed by atoms with Crippen LogP contribution in [0.1, 0.15) is 31.2 Å². The summed E-state index contributed by atoms with van der Waals surface area (Å²) in [5.41, 5.74) is 1.02. The minimum atomic E-state index is -3.30. The van der Waals surface area contributed by atoms with Gasteiger partial charge in [0.05, 0.1) is 18.5 Å². The van der Waals surface area contributed by atoms with Crippen molar-refractivity contribution in [3.63, 3.8) is 0 Å². The van der Waals surface area contributed by atoms with E-state index in [0.29, 0.717) is 19.4 Å². The van der Waals surface area contributed by atoms with Crippen LogP contribution >= 0.6 is 0 Å². The normalized spacial score (nSPS) is 25.6. The number of nitrogens with one attached hydrogen (secondary N) is 1. The fraction of sp³-hybridized carbons (Fsp3) is 0.733. The molecule has 2 fully saturated rings. The quantitative estimate of drug-likeness (QED) is 0.834. The van der Waals surface area contributed by atoms with Crippen LogP contribution in [0.25, 0.3) is 0 Å². The van der Waals surface area contributed by atoms with Gasteiger partial charge in [-0.25, -0.2) is 13.1 Å². The minimum Gasteiger partial charge on any atom is -0.337 e. The average Bonchev–Trinajstić information content (AvgIpc) is 2.94. The number of carbonyl (C=O) groups is 1. The summed E-state index contributed by atoms with van der Waals surface area (Å²) >= 11 is 0. The third-order valence-corrected chi connectivity index (χ3v) is 5.58. The lowest BCUT2D eigenvalue weighted by molar-refractivity contribution is -0.139. The summed E-state index contributed by atoms with van der Waals surface area (Å²) in [4.78, 5) is 14.6. The molecule has 1 aliphatic carbocycles. The summed E-state index contributed by atoms with van der Waals surface area (Å²) in [6.45, 7) is 0.619. The molecule has 23 heavy (non-hydrogen) atoms. The molecule has 1 amide bonds. The third-order valence-electron chi connectivity index (χ3n) is 4.85. The molecule has 3 rings (SSSR count). The zero-order chi connectivity index (χ0) is 16.6. The molecule has 8 heteroatoms. The van der Waals surface area contributed by atoms with Crippen LogP contribution in [0.15, 0.2) is 12.4 Å². The van der Waals surface area contributed by atoms with E-state index >= 15 is 0 Å². The highest BCUT2D eigenvalue weighted by atomic mass is 32.2. The number of carbonyl (C=O) groups excluding carboxylic acids is 1. The minimum absolute atomic E-state index is 0.128. The highest BCUT2D eigenvalue weighted by Gasteiger charge is 2.41. The number of likely N-dealkylation sites (tertiary alicyclic amines) is 1. The van der Waals surface area contributed by atoms with E-state index in [-0.39, 0.29) is 23.9 Å². The maximum Gasteiger partial charge on any atom is 0.225 e. The molecule has 1 saturated carbocycles. The van der Waals surface area contributed by atoms with Crippen LogP contribution in [-0.4, -0.2) is 53.9 Å². The summed E-state index contributed by atoms with van der Waals surface area (Å²) in [5.74, 6) is 0.311. The van der Waals surface area contributed by atoms with E-state index in [0.717, 1.165) is 24.8 Å². The maximum absolute atomic E-state index is 12.7. The fourth-order valence-electron chi connectivity index (χ4n) is 3.50. The van der Waals surface area contributed by atoms with Gasteiger partial charge in [-0.1, -0.05) is 6.42 Å². The molecular weight excluding hydrogens is 316 g/mol. The number of rotatable bonds is 5. The molecule has 7 nitrogen and oxygen atoms in total. The second-order valence-electron chi connectivity index (χ2n) is 6.74. The second kappa shape index (κ2) is 6.24. The van der Waals surface area contributed by atoms with Gasteiger partial charge in [-0.2, -0.15) is 5.10 Å². The van der Waals surface area contributed by atoms with Gasteiger partial charge in [0, 0.05) is 31.7 Å². The van der Waals surface area contributed by atoms with E-state index in [2.05, 4.69) is 9.82 Å². The number of hydrogen-bond donors (Lipinski definition) is 1. The van der Waals surface area contributed by atoms with Crippen LogP contribution in [0.4, 0.5) is 0 Å². The molecule has 1 aromatic heterocycles. The van der Waals surface area contributed by atoms with E-state index in [1.165, 1.54) is 6.26 Å². The lowest BCUT2D eigenvalue weighted by Gasteiger charge is -2.34. The van der Waals surface area contributed by atoms with Gasteiger partial charge in [0.2, 0.25) is 15.9 Å². The van der Waals surface area contributed by atoms with Crippen molar-refractivity contribution in [3.05, 3.63) is 18.0 Å². The molecule has 0 radical (unpaired) electrons. The summed E-state index contributed by atoms with van der Waals surface area (Å²) in [6.07, 6.45) is 9.19. The fourth-order valence-corrected chi connectivity index (χ4v) is 4.33. The number of aromatic nitrogens is 2.